The van der Waals surface area contributed by atoms with E-state index in [1.807, 2.05) is 55.5 Å². The van der Waals surface area contributed by atoms with Crippen LogP contribution in [0.2, 0.25) is 0 Å². The number of benzene rings is 2. The summed E-state index contributed by atoms with van der Waals surface area (Å²) in [5.74, 6) is 1.89. The summed E-state index contributed by atoms with van der Waals surface area (Å²) < 4.78 is 22.5. The lowest BCUT2D eigenvalue weighted by Crippen LogP contribution is -2.40. The van der Waals surface area contributed by atoms with Crippen LogP contribution < -0.4 is 9.47 Å². The highest BCUT2D eigenvalue weighted by Gasteiger charge is 2.42. The van der Waals surface area contributed by atoms with Crippen molar-refractivity contribution in [2.24, 2.45) is 0 Å². The van der Waals surface area contributed by atoms with Crippen molar-refractivity contribution in [3.63, 3.8) is 0 Å². The van der Waals surface area contributed by atoms with Gasteiger partial charge >= 0.3 is 5.97 Å². The molecule has 0 amide bonds. The number of hydrogen-bond acceptors (Lipinski definition) is 6. The fourth-order valence-corrected chi connectivity index (χ4v) is 3.92. The predicted octanol–water partition coefficient (Wildman–Crippen LogP) is 4.46. The molecule has 0 aliphatic carbocycles. The molecule has 1 aliphatic rings. The monoisotopic (exact) mass is 437 g/mol. The van der Waals surface area contributed by atoms with Crippen LogP contribution in [0.3, 0.4) is 0 Å². The van der Waals surface area contributed by atoms with Gasteiger partial charge in [0, 0.05) is 25.0 Å². The van der Waals surface area contributed by atoms with E-state index in [4.69, 9.17) is 18.6 Å². The molecule has 0 bridgehead atoms. The lowest BCUT2D eigenvalue weighted by Gasteiger charge is -2.23. The van der Waals surface area contributed by atoms with Gasteiger partial charge in [0.15, 0.2) is 5.60 Å². The third kappa shape index (κ3) is 4.78. The normalized spacial score (nSPS) is 17.9. The number of aliphatic carboxylic acids is 1. The molecule has 1 unspecified atom stereocenters. The first kappa shape index (κ1) is 21.9. The standard InChI is InChI=1S/C25H27NO6/c1-17-22(26-23(32-17)19-5-3-6-21(15-19)29-2)11-14-30-20-9-7-18(8-10-20)16-25(24(27)28)12-4-13-31-25/h3,5-10,15H,4,11-14,16H2,1-2H3,(H,27,28). The smallest absolute Gasteiger partial charge is 0.336 e. The Labute approximate surface area is 186 Å². The van der Waals surface area contributed by atoms with Crippen LogP contribution in [0.1, 0.15) is 29.9 Å². The van der Waals surface area contributed by atoms with E-state index in [0.717, 1.165) is 40.5 Å². The van der Waals surface area contributed by atoms with E-state index in [0.29, 0.717) is 38.4 Å². The number of nitrogens with zero attached hydrogens (tertiary/aromatic N) is 1. The predicted molar refractivity (Wildman–Crippen MR) is 118 cm³/mol. The Morgan fingerprint density at radius 3 is 2.69 bits per heavy atom. The van der Waals surface area contributed by atoms with Crippen LogP contribution in [0.25, 0.3) is 11.5 Å². The molecule has 1 aliphatic heterocycles. The van der Waals surface area contributed by atoms with Crippen LogP contribution in [0.5, 0.6) is 11.5 Å². The van der Waals surface area contributed by atoms with Gasteiger partial charge in [-0.05, 0) is 55.7 Å². The van der Waals surface area contributed by atoms with Gasteiger partial charge < -0.3 is 23.7 Å². The van der Waals surface area contributed by atoms with Crippen molar-refractivity contribution in [1.29, 1.82) is 0 Å². The average molecular weight is 437 g/mol. The molecule has 1 saturated heterocycles. The van der Waals surface area contributed by atoms with Gasteiger partial charge in [0.05, 0.1) is 19.4 Å². The van der Waals surface area contributed by atoms with Gasteiger partial charge in [-0.3, -0.25) is 0 Å². The first-order chi connectivity index (χ1) is 15.5. The van der Waals surface area contributed by atoms with Crippen molar-refractivity contribution >= 4 is 5.97 Å². The lowest BCUT2D eigenvalue weighted by molar-refractivity contribution is -0.159. The molecule has 1 fully saturated rings. The zero-order chi connectivity index (χ0) is 22.6. The fourth-order valence-electron chi connectivity index (χ4n) is 3.92. The molecule has 2 heterocycles. The zero-order valence-corrected chi connectivity index (χ0v) is 18.3. The topological polar surface area (TPSA) is 91.0 Å². The molecule has 7 nitrogen and oxygen atoms in total. The van der Waals surface area contributed by atoms with Crippen LogP contribution in [0.15, 0.2) is 52.9 Å². The largest absolute Gasteiger partial charge is 0.497 e. The van der Waals surface area contributed by atoms with Gasteiger partial charge in [0.25, 0.3) is 0 Å². The second kappa shape index (κ2) is 9.44. The van der Waals surface area contributed by atoms with E-state index in [-0.39, 0.29) is 0 Å². The van der Waals surface area contributed by atoms with Crippen LogP contribution in [-0.2, 0) is 22.4 Å². The third-order valence-corrected chi connectivity index (χ3v) is 5.72. The minimum atomic E-state index is -1.10. The molecule has 1 atom stereocenters. The number of oxazole rings is 1. The van der Waals surface area contributed by atoms with Crippen molar-refractivity contribution in [3.8, 4) is 23.0 Å². The second-order valence-corrected chi connectivity index (χ2v) is 7.92. The molecule has 1 aromatic heterocycles. The Balaban J connectivity index is 1.34. The summed E-state index contributed by atoms with van der Waals surface area (Å²) in [5, 5.41) is 9.56. The van der Waals surface area contributed by atoms with Crippen LogP contribution >= 0.6 is 0 Å². The SMILES string of the molecule is COc1cccc(-c2nc(CCOc3ccc(CC4(C(=O)O)CCCO4)cc3)c(C)o2)c1. The maximum atomic E-state index is 11.7. The highest BCUT2D eigenvalue weighted by atomic mass is 16.5. The molecule has 2 aromatic carbocycles. The molecule has 32 heavy (non-hydrogen) atoms. The molecule has 3 aromatic rings. The second-order valence-electron chi connectivity index (χ2n) is 7.92. The van der Waals surface area contributed by atoms with Gasteiger partial charge in [-0.2, -0.15) is 0 Å². The number of methoxy groups -OCH3 is 1. The highest BCUT2D eigenvalue weighted by molar-refractivity contribution is 5.78. The maximum Gasteiger partial charge on any atom is 0.336 e. The number of carboxylic acids is 1. The number of aromatic nitrogens is 1. The zero-order valence-electron chi connectivity index (χ0n) is 18.3. The number of hydrogen-bond donors (Lipinski definition) is 1. The highest BCUT2D eigenvalue weighted by Crippen LogP contribution is 2.30. The van der Waals surface area contributed by atoms with E-state index in [1.54, 1.807) is 7.11 Å². The lowest BCUT2D eigenvalue weighted by atomic mass is 9.92. The average Bonchev–Trinajstić information content (AvgIpc) is 3.43. The van der Waals surface area contributed by atoms with E-state index in [2.05, 4.69) is 4.98 Å². The van der Waals surface area contributed by atoms with Crippen LogP contribution in [0.4, 0.5) is 0 Å². The molecule has 4 rings (SSSR count). The molecular weight excluding hydrogens is 410 g/mol. The third-order valence-electron chi connectivity index (χ3n) is 5.72. The molecule has 1 N–H and O–H groups in total. The van der Waals surface area contributed by atoms with E-state index in [9.17, 15) is 9.90 Å². The number of rotatable bonds is 9. The minimum Gasteiger partial charge on any atom is -0.497 e. The summed E-state index contributed by atoms with van der Waals surface area (Å²) in [5.41, 5.74) is 1.52. The van der Waals surface area contributed by atoms with Crippen LogP contribution in [0, 0.1) is 6.92 Å². The summed E-state index contributed by atoms with van der Waals surface area (Å²) in [6.45, 7) is 2.84. The Kier molecular flexibility index (Phi) is 6.46. The number of aryl methyl sites for hydroxylation is 1. The van der Waals surface area contributed by atoms with Crippen molar-refractivity contribution in [2.45, 2.75) is 38.2 Å². The molecule has 0 spiro atoms. The summed E-state index contributed by atoms with van der Waals surface area (Å²) in [7, 11) is 1.63. The Bertz CT molecular complexity index is 1070. The maximum absolute atomic E-state index is 11.7. The first-order valence-corrected chi connectivity index (χ1v) is 10.7. The number of carbonyl (C=O) groups is 1. The van der Waals surface area contributed by atoms with Gasteiger partial charge in [0.1, 0.15) is 17.3 Å². The van der Waals surface area contributed by atoms with Crippen LogP contribution in [-0.4, -0.2) is 42.0 Å². The fraction of sp³-hybridized carbons (Fsp3) is 0.360. The number of carboxylic acid groups (broad SMARTS) is 1. The van der Waals surface area contributed by atoms with Crippen molar-refractivity contribution in [3.05, 3.63) is 65.5 Å². The molecule has 7 heteroatoms. The summed E-state index contributed by atoms with van der Waals surface area (Å²) in [6, 6.07) is 15.1. The molecule has 0 saturated carbocycles. The van der Waals surface area contributed by atoms with E-state index >= 15 is 0 Å². The van der Waals surface area contributed by atoms with Gasteiger partial charge in [-0.25, -0.2) is 9.78 Å². The van der Waals surface area contributed by atoms with Crippen molar-refractivity contribution in [1.82, 2.24) is 4.98 Å². The molecular formula is C25H27NO6. The van der Waals surface area contributed by atoms with Crippen molar-refractivity contribution < 1.29 is 28.5 Å². The summed E-state index contributed by atoms with van der Waals surface area (Å²) in [6.07, 6.45) is 2.27. The van der Waals surface area contributed by atoms with E-state index in [1.165, 1.54) is 0 Å². The minimum absolute atomic E-state index is 0.355. The first-order valence-electron chi connectivity index (χ1n) is 10.7. The Morgan fingerprint density at radius 1 is 1.19 bits per heavy atom. The van der Waals surface area contributed by atoms with Gasteiger partial charge in [0.2, 0.25) is 5.89 Å². The van der Waals surface area contributed by atoms with Crippen molar-refractivity contribution in [2.75, 3.05) is 20.3 Å². The Morgan fingerprint density at radius 2 is 2.00 bits per heavy atom. The summed E-state index contributed by atoms with van der Waals surface area (Å²) in [4.78, 5) is 16.3. The molecule has 0 radical (unpaired) electrons. The van der Waals surface area contributed by atoms with Gasteiger partial charge in [-0.1, -0.05) is 18.2 Å². The van der Waals surface area contributed by atoms with Gasteiger partial charge in [-0.15, -0.1) is 0 Å². The summed E-state index contributed by atoms with van der Waals surface area (Å²) >= 11 is 0. The number of ether oxygens (including phenoxy) is 3. The molecule has 168 valence electrons. The quantitative estimate of drug-likeness (QED) is 0.529. The Hall–Kier alpha value is -3.32. The van der Waals surface area contributed by atoms with E-state index < -0.39 is 11.6 Å².